The first-order valence-corrected chi connectivity index (χ1v) is 8.26. The normalized spacial score (nSPS) is 19.6. The van der Waals surface area contributed by atoms with Gasteiger partial charge in [0.05, 0.1) is 5.75 Å². The van der Waals surface area contributed by atoms with Gasteiger partial charge >= 0.3 is 10.2 Å². The van der Waals surface area contributed by atoms with E-state index in [1.165, 1.54) is 0 Å². The minimum absolute atomic E-state index is 0.0869. The van der Waals surface area contributed by atoms with Crippen LogP contribution in [0, 0.1) is 5.92 Å². The first kappa shape index (κ1) is 15.0. The summed E-state index contributed by atoms with van der Waals surface area (Å²) in [5, 5.41) is 0. The monoisotopic (exact) mass is 299 g/mol. The van der Waals surface area contributed by atoms with Gasteiger partial charge in [0.2, 0.25) is 5.91 Å². The SMILES string of the molecule is CCCc1ccccc1N1CC(CS(=O)(=O)F)CC1=O. The molecule has 1 unspecified atom stereocenters. The van der Waals surface area contributed by atoms with Crippen LogP contribution in [0.3, 0.4) is 0 Å². The fourth-order valence-electron chi connectivity index (χ4n) is 2.66. The second-order valence-corrected chi connectivity index (χ2v) is 6.57. The number of nitrogens with zero attached hydrogens (tertiary/aromatic N) is 1. The molecule has 0 saturated carbocycles. The van der Waals surface area contributed by atoms with Crippen molar-refractivity contribution < 1.29 is 17.1 Å². The van der Waals surface area contributed by atoms with Crippen molar-refractivity contribution in [3.05, 3.63) is 29.8 Å². The molecule has 2 rings (SSSR count). The summed E-state index contributed by atoms with van der Waals surface area (Å²) in [4.78, 5) is 13.6. The largest absolute Gasteiger partial charge is 0.312 e. The number of carbonyl (C=O) groups is 1. The highest BCUT2D eigenvalue weighted by molar-refractivity contribution is 7.86. The number of amides is 1. The molecule has 1 aliphatic heterocycles. The molecule has 110 valence electrons. The lowest BCUT2D eigenvalue weighted by Crippen LogP contribution is -2.26. The molecule has 1 saturated heterocycles. The maximum atomic E-state index is 12.7. The van der Waals surface area contributed by atoms with E-state index in [0.29, 0.717) is 0 Å². The number of benzene rings is 1. The van der Waals surface area contributed by atoms with Gasteiger partial charge in [0.1, 0.15) is 0 Å². The Kier molecular flexibility index (Phi) is 4.42. The van der Waals surface area contributed by atoms with Crippen molar-refractivity contribution in [2.45, 2.75) is 26.2 Å². The van der Waals surface area contributed by atoms with Crippen molar-refractivity contribution in [2.24, 2.45) is 5.92 Å². The molecule has 20 heavy (non-hydrogen) atoms. The third-order valence-electron chi connectivity index (χ3n) is 3.44. The summed E-state index contributed by atoms with van der Waals surface area (Å²) in [7, 11) is -4.54. The summed E-state index contributed by atoms with van der Waals surface area (Å²) in [5.74, 6) is -1.18. The van der Waals surface area contributed by atoms with Crippen molar-refractivity contribution in [3.8, 4) is 0 Å². The van der Waals surface area contributed by atoms with Gasteiger partial charge in [0.15, 0.2) is 0 Å². The van der Waals surface area contributed by atoms with Crippen LogP contribution in [0.1, 0.15) is 25.3 Å². The number of halogens is 1. The molecule has 6 heteroatoms. The van der Waals surface area contributed by atoms with Crippen molar-refractivity contribution in [2.75, 3.05) is 17.2 Å². The Bertz CT molecular complexity index is 600. The number of anilines is 1. The van der Waals surface area contributed by atoms with E-state index in [4.69, 9.17) is 0 Å². The number of para-hydroxylation sites is 1. The van der Waals surface area contributed by atoms with Gasteiger partial charge in [-0.15, -0.1) is 3.89 Å². The highest BCUT2D eigenvalue weighted by Gasteiger charge is 2.34. The average molecular weight is 299 g/mol. The first-order valence-electron chi connectivity index (χ1n) is 6.71. The van der Waals surface area contributed by atoms with Crippen molar-refractivity contribution in [1.82, 2.24) is 0 Å². The smallest absolute Gasteiger partial charge is 0.302 e. The lowest BCUT2D eigenvalue weighted by molar-refractivity contribution is -0.117. The van der Waals surface area contributed by atoms with Gasteiger partial charge in [0, 0.05) is 24.6 Å². The van der Waals surface area contributed by atoms with Gasteiger partial charge in [-0.1, -0.05) is 31.5 Å². The van der Waals surface area contributed by atoms with Gasteiger partial charge < -0.3 is 4.90 Å². The third-order valence-corrected chi connectivity index (χ3v) is 4.31. The molecule has 1 aromatic rings. The Labute approximate surface area is 118 Å². The highest BCUT2D eigenvalue weighted by atomic mass is 32.3. The molecule has 4 nitrogen and oxygen atoms in total. The summed E-state index contributed by atoms with van der Waals surface area (Å²) in [6, 6.07) is 7.58. The average Bonchev–Trinajstić information content (AvgIpc) is 2.69. The van der Waals surface area contributed by atoms with Crippen molar-refractivity contribution >= 4 is 21.8 Å². The van der Waals surface area contributed by atoms with E-state index in [2.05, 4.69) is 6.92 Å². The fraction of sp³-hybridized carbons (Fsp3) is 0.500. The summed E-state index contributed by atoms with van der Waals surface area (Å²) >= 11 is 0. The first-order chi connectivity index (χ1) is 9.40. The minimum Gasteiger partial charge on any atom is -0.312 e. The number of carbonyl (C=O) groups excluding carboxylic acids is 1. The summed E-state index contributed by atoms with van der Waals surface area (Å²) in [6.45, 7) is 2.32. The predicted molar refractivity (Wildman–Crippen MR) is 75.8 cm³/mol. The van der Waals surface area contributed by atoms with Crippen LogP contribution in [0.2, 0.25) is 0 Å². The van der Waals surface area contributed by atoms with Crippen LogP contribution in [0.25, 0.3) is 0 Å². The molecule has 1 amide bonds. The zero-order chi connectivity index (χ0) is 14.8. The molecule has 1 atom stereocenters. The molecule has 1 fully saturated rings. The number of aryl methyl sites for hydroxylation is 1. The Morgan fingerprint density at radius 1 is 1.35 bits per heavy atom. The molecule has 0 aliphatic carbocycles. The molecule has 1 aliphatic rings. The van der Waals surface area contributed by atoms with Crippen molar-refractivity contribution in [1.29, 1.82) is 0 Å². The molecule has 0 spiro atoms. The van der Waals surface area contributed by atoms with Crippen LogP contribution in [0.4, 0.5) is 9.57 Å². The van der Waals surface area contributed by atoms with Gasteiger partial charge in [-0.3, -0.25) is 4.79 Å². The zero-order valence-corrected chi connectivity index (χ0v) is 12.2. The molecular weight excluding hydrogens is 281 g/mol. The van der Waals surface area contributed by atoms with E-state index < -0.39 is 21.9 Å². The zero-order valence-electron chi connectivity index (χ0n) is 11.4. The Morgan fingerprint density at radius 3 is 2.70 bits per heavy atom. The molecule has 1 heterocycles. The van der Waals surface area contributed by atoms with Crippen LogP contribution in [-0.4, -0.2) is 26.6 Å². The molecule has 0 radical (unpaired) electrons. The molecule has 1 aromatic carbocycles. The van der Waals surface area contributed by atoms with Gasteiger partial charge in [-0.05, 0) is 18.1 Å². The molecule has 0 bridgehead atoms. The summed E-state index contributed by atoms with van der Waals surface area (Å²) < 4.78 is 34.2. The Balaban J connectivity index is 2.20. The number of hydrogen-bond acceptors (Lipinski definition) is 3. The quantitative estimate of drug-likeness (QED) is 0.784. The van der Waals surface area contributed by atoms with E-state index in [1.54, 1.807) is 4.90 Å². The molecular formula is C14H18FNO3S. The fourth-order valence-corrected chi connectivity index (χ4v) is 3.45. The maximum Gasteiger partial charge on any atom is 0.302 e. The Morgan fingerprint density at radius 2 is 2.05 bits per heavy atom. The topological polar surface area (TPSA) is 54.5 Å². The maximum absolute atomic E-state index is 12.7. The third kappa shape index (κ3) is 3.56. The van der Waals surface area contributed by atoms with E-state index in [-0.39, 0.29) is 18.9 Å². The van der Waals surface area contributed by atoms with Crippen molar-refractivity contribution in [3.63, 3.8) is 0 Å². The summed E-state index contributed by atoms with van der Waals surface area (Å²) in [6.07, 6.45) is 1.90. The van der Waals surface area contributed by atoms with Gasteiger partial charge in [0.25, 0.3) is 0 Å². The van der Waals surface area contributed by atoms with Crippen LogP contribution < -0.4 is 4.90 Å². The lowest BCUT2D eigenvalue weighted by atomic mass is 10.1. The second-order valence-electron chi connectivity index (χ2n) is 5.16. The van der Waals surface area contributed by atoms with E-state index in [0.717, 1.165) is 24.1 Å². The summed E-state index contributed by atoms with van der Waals surface area (Å²) in [5.41, 5.74) is 1.88. The highest BCUT2D eigenvalue weighted by Crippen LogP contribution is 2.29. The van der Waals surface area contributed by atoms with E-state index in [9.17, 15) is 17.1 Å². The second kappa shape index (κ2) is 5.91. The van der Waals surface area contributed by atoms with E-state index >= 15 is 0 Å². The predicted octanol–water partition coefficient (Wildman–Crippen LogP) is 2.29. The van der Waals surface area contributed by atoms with Crippen LogP contribution in [0.15, 0.2) is 24.3 Å². The van der Waals surface area contributed by atoms with Crippen LogP contribution in [-0.2, 0) is 21.4 Å². The molecule has 0 aromatic heterocycles. The molecule has 0 N–H and O–H groups in total. The lowest BCUT2D eigenvalue weighted by Gasteiger charge is -2.20. The van der Waals surface area contributed by atoms with E-state index in [1.807, 2.05) is 24.3 Å². The van der Waals surface area contributed by atoms with Crippen LogP contribution >= 0.6 is 0 Å². The number of hydrogen-bond donors (Lipinski definition) is 0. The van der Waals surface area contributed by atoms with Gasteiger partial charge in [-0.2, -0.15) is 8.42 Å². The minimum atomic E-state index is -4.54. The standard InChI is InChI=1S/C14H18FNO3S/c1-2-5-12-6-3-4-7-13(12)16-9-11(8-14(16)17)10-20(15,18)19/h3-4,6-7,11H,2,5,8-10H2,1H3. The Hall–Kier alpha value is -1.43. The van der Waals surface area contributed by atoms with Gasteiger partial charge in [-0.25, -0.2) is 0 Å². The van der Waals surface area contributed by atoms with Crippen LogP contribution in [0.5, 0.6) is 0 Å². The number of rotatable bonds is 5.